The van der Waals surface area contributed by atoms with Crippen LogP contribution in [-0.4, -0.2) is 27.4 Å². The summed E-state index contributed by atoms with van der Waals surface area (Å²) in [6.07, 6.45) is -0.487. The summed E-state index contributed by atoms with van der Waals surface area (Å²) in [7, 11) is 0. The van der Waals surface area contributed by atoms with Crippen LogP contribution in [0.2, 0.25) is 0 Å². The Bertz CT molecular complexity index is 933. The number of aliphatic hydroxyl groups is 1. The van der Waals surface area contributed by atoms with Gasteiger partial charge in [-0.25, -0.2) is 4.98 Å². The number of β-amino-alcohol motifs (C(OH)–C–C–N with tert-alkyl or cyclic N) is 1. The van der Waals surface area contributed by atoms with Crippen LogP contribution < -0.4 is 0 Å². The maximum absolute atomic E-state index is 12.8. The van der Waals surface area contributed by atoms with Gasteiger partial charge in [-0.2, -0.15) is 0 Å². The number of hydrogen-bond acceptors (Lipinski definition) is 4. The molecule has 2 aromatic carbocycles. The van der Waals surface area contributed by atoms with Gasteiger partial charge in [0.1, 0.15) is 5.76 Å². The largest absolute Gasteiger partial charge is 0.441 e. The Hall–Kier alpha value is -2.92. The van der Waals surface area contributed by atoms with Crippen molar-refractivity contribution in [1.29, 1.82) is 0 Å². The first kappa shape index (κ1) is 16.5. The van der Waals surface area contributed by atoms with E-state index < -0.39 is 6.10 Å². The number of hydrogen-bond donors (Lipinski definition) is 1. The third-order valence-electron chi connectivity index (χ3n) is 4.75. The van der Waals surface area contributed by atoms with E-state index in [1.165, 1.54) is 0 Å². The average molecular weight is 348 g/mol. The van der Waals surface area contributed by atoms with Gasteiger partial charge in [-0.1, -0.05) is 42.5 Å². The number of carbonyl (C=O) groups excluding carboxylic acids is 1. The number of nitrogens with zero attached hydrogens (tertiary/aromatic N) is 2. The fourth-order valence-electron chi connectivity index (χ4n) is 3.32. The van der Waals surface area contributed by atoms with Crippen LogP contribution in [0, 0.1) is 6.92 Å². The number of aromatic nitrogens is 1. The molecule has 3 aromatic rings. The van der Waals surface area contributed by atoms with E-state index >= 15 is 0 Å². The van der Waals surface area contributed by atoms with Crippen molar-refractivity contribution < 1.29 is 14.3 Å². The zero-order valence-electron chi connectivity index (χ0n) is 14.6. The molecule has 1 atom stereocenters. The molecule has 4 rings (SSSR count). The molecule has 5 nitrogen and oxygen atoms in total. The zero-order chi connectivity index (χ0) is 18.1. The average Bonchev–Trinajstić information content (AvgIpc) is 3.03. The summed E-state index contributed by atoms with van der Waals surface area (Å²) in [4.78, 5) is 18.9. The van der Waals surface area contributed by atoms with Crippen molar-refractivity contribution >= 4 is 5.91 Å². The van der Waals surface area contributed by atoms with Gasteiger partial charge in [-0.15, -0.1) is 0 Å². The standard InChI is InChI=1S/C21H20N2O3/c1-14-18(22-21(26-14)15-7-3-2-4-8-15)11-20(25)23-12-16-9-5-6-10-17(16)19(24)13-23/h2-10,19,24H,11-13H2,1H3/t19-/m0/s1. The van der Waals surface area contributed by atoms with Crippen LogP contribution in [0.15, 0.2) is 59.0 Å². The lowest BCUT2D eigenvalue weighted by atomic mass is 9.97. The highest BCUT2D eigenvalue weighted by atomic mass is 16.4. The molecule has 0 bridgehead atoms. The first-order chi connectivity index (χ1) is 12.6. The van der Waals surface area contributed by atoms with Crippen LogP contribution in [0.5, 0.6) is 0 Å². The number of rotatable bonds is 3. The lowest BCUT2D eigenvalue weighted by Gasteiger charge is -2.32. The summed E-state index contributed by atoms with van der Waals surface area (Å²) < 4.78 is 5.74. The highest BCUT2D eigenvalue weighted by molar-refractivity contribution is 5.79. The quantitative estimate of drug-likeness (QED) is 0.789. The van der Waals surface area contributed by atoms with Gasteiger partial charge in [0.15, 0.2) is 0 Å². The van der Waals surface area contributed by atoms with Crippen LogP contribution in [0.4, 0.5) is 0 Å². The second-order valence-electron chi connectivity index (χ2n) is 6.55. The normalized spacial score (nSPS) is 16.4. The van der Waals surface area contributed by atoms with E-state index in [9.17, 15) is 9.90 Å². The molecule has 1 amide bonds. The maximum atomic E-state index is 12.8. The van der Waals surface area contributed by atoms with E-state index in [-0.39, 0.29) is 12.3 Å². The minimum atomic E-state index is -0.651. The second-order valence-corrected chi connectivity index (χ2v) is 6.55. The molecule has 1 aliphatic heterocycles. The molecular formula is C21H20N2O3. The number of fused-ring (bicyclic) bond motifs is 1. The molecule has 0 saturated heterocycles. The molecule has 0 fully saturated rings. The molecule has 132 valence electrons. The van der Waals surface area contributed by atoms with Gasteiger partial charge in [0.2, 0.25) is 11.8 Å². The molecule has 1 N–H and O–H groups in total. The summed E-state index contributed by atoms with van der Waals surface area (Å²) in [6.45, 7) is 2.63. The van der Waals surface area contributed by atoms with Crippen molar-refractivity contribution in [3.63, 3.8) is 0 Å². The molecule has 26 heavy (non-hydrogen) atoms. The third-order valence-corrected chi connectivity index (χ3v) is 4.75. The van der Waals surface area contributed by atoms with Crippen LogP contribution in [0.1, 0.15) is 28.7 Å². The van der Waals surface area contributed by atoms with E-state index in [2.05, 4.69) is 4.98 Å². The van der Waals surface area contributed by atoms with Crippen molar-refractivity contribution in [3.8, 4) is 11.5 Å². The molecule has 1 aromatic heterocycles. The molecule has 0 aliphatic carbocycles. The van der Waals surface area contributed by atoms with E-state index in [4.69, 9.17) is 4.42 Å². The first-order valence-electron chi connectivity index (χ1n) is 8.67. The van der Waals surface area contributed by atoms with Gasteiger partial charge in [-0.05, 0) is 30.2 Å². The second kappa shape index (κ2) is 6.77. The topological polar surface area (TPSA) is 66.6 Å². The predicted molar refractivity (Wildman–Crippen MR) is 97.2 cm³/mol. The Morgan fingerprint density at radius 2 is 1.92 bits per heavy atom. The van der Waals surface area contributed by atoms with Gasteiger partial charge in [-0.3, -0.25) is 4.79 Å². The molecule has 0 unspecified atom stereocenters. The Morgan fingerprint density at radius 3 is 2.73 bits per heavy atom. The van der Waals surface area contributed by atoms with Crippen LogP contribution in [0.3, 0.4) is 0 Å². The molecule has 0 saturated carbocycles. The molecule has 5 heteroatoms. The Balaban J connectivity index is 1.52. The monoisotopic (exact) mass is 348 g/mol. The summed E-state index contributed by atoms with van der Waals surface area (Å²) in [5, 5.41) is 10.3. The number of carbonyl (C=O) groups is 1. The number of amides is 1. The van der Waals surface area contributed by atoms with Gasteiger partial charge >= 0.3 is 0 Å². The highest BCUT2D eigenvalue weighted by Crippen LogP contribution is 2.27. The van der Waals surface area contributed by atoms with Gasteiger partial charge in [0, 0.05) is 12.1 Å². The van der Waals surface area contributed by atoms with E-state index in [1.807, 2.05) is 61.5 Å². The first-order valence-corrected chi connectivity index (χ1v) is 8.67. The van der Waals surface area contributed by atoms with Crippen molar-refractivity contribution in [2.45, 2.75) is 26.0 Å². The number of aliphatic hydroxyl groups excluding tert-OH is 1. The number of benzene rings is 2. The van der Waals surface area contributed by atoms with E-state index in [0.29, 0.717) is 30.4 Å². The van der Waals surface area contributed by atoms with Crippen LogP contribution in [-0.2, 0) is 17.8 Å². The Morgan fingerprint density at radius 1 is 1.19 bits per heavy atom. The highest BCUT2D eigenvalue weighted by Gasteiger charge is 2.27. The Labute approximate surface area is 151 Å². The minimum absolute atomic E-state index is 0.0606. The maximum Gasteiger partial charge on any atom is 0.229 e. The van der Waals surface area contributed by atoms with E-state index in [0.717, 1.165) is 16.7 Å². The van der Waals surface area contributed by atoms with Gasteiger partial charge in [0.25, 0.3) is 0 Å². The number of oxazole rings is 1. The number of aryl methyl sites for hydroxylation is 1. The molecular weight excluding hydrogens is 328 g/mol. The molecule has 0 spiro atoms. The van der Waals surface area contributed by atoms with Crippen LogP contribution >= 0.6 is 0 Å². The van der Waals surface area contributed by atoms with Crippen molar-refractivity contribution in [2.75, 3.05) is 6.54 Å². The zero-order valence-corrected chi connectivity index (χ0v) is 14.6. The SMILES string of the molecule is Cc1oc(-c2ccccc2)nc1CC(=O)N1Cc2ccccc2[C@@H](O)C1. The summed E-state index contributed by atoms with van der Waals surface area (Å²) in [6, 6.07) is 17.3. The minimum Gasteiger partial charge on any atom is -0.441 e. The van der Waals surface area contributed by atoms with Crippen molar-refractivity contribution in [3.05, 3.63) is 77.2 Å². The van der Waals surface area contributed by atoms with E-state index in [1.54, 1.807) is 4.90 Å². The smallest absolute Gasteiger partial charge is 0.229 e. The molecule has 2 heterocycles. The summed E-state index contributed by atoms with van der Waals surface area (Å²) in [5.74, 6) is 1.11. The fourth-order valence-corrected chi connectivity index (χ4v) is 3.32. The lowest BCUT2D eigenvalue weighted by Crippen LogP contribution is -2.39. The van der Waals surface area contributed by atoms with Crippen molar-refractivity contribution in [2.24, 2.45) is 0 Å². The van der Waals surface area contributed by atoms with Crippen molar-refractivity contribution in [1.82, 2.24) is 9.88 Å². The van der Waals surface area contributed by atoms with Gasteiger partial charge < -0.3 is 14.4 Å². The molecule has 0 radical (unpaired) electrons. The predicted octanol–water partition coefficient (Wildman–Crippen LogP) is 3.27. The fraction of sp³-hybridized carbons (Fsp3) is 0.238. The lowest BCUT2D eigenvalue weighted by molar-refractivity contribution is -0.133. The van der Waals surface area contributed by atoms with Gasteiger partial charge in [0.05, 0.1) is 24.8 Å². The molecule has 1 aliphatic rings. The Kier molecular flexibility index (Phi) is 4.31. The van der Waals surface area contributed by atoms with Crippen LogP contribution in [0.25, 0.3) is 11.5 Å². The summed E-state index contributed by atoms with van der Waals surface area (Å²) in [5.41, 5.74) is 3.42. The third kappa shape index (κ3) is 3.13. The summed E-state index contributed by atoms with van der Waals surface area (Å²) >= 11 is 0.